The van der Waals surface area contributed by atoms with Gasteiger partial charge in [-0.2, -0.15) is 5.10 Å². The zero-order valence-corrected chi connectivity index (χ0v) is 14.0. The third-order valence-corrected chi connectivity index (χ3v) is 4.54. The van der Waals surface area contributed by atoms with Crippen LogP contribution in [0.3, 0.4) is 0 Å². The number of aromatic nitrogens is 3. The van der Waals surface area contributed by atoms with E-state index in [0.29, 0.717) is 23.2 Å². The quantitative estimate of drug-likeness (QED) is 0.824. The number of ether oxygens (including phenoxy) is 1. The van der Waals surface area contributed by atoms with Gasteiger partial charge in [-0.3, -0.25) is 14.9 Å². The number of H-pyrrole nitrogens is 1. The van der Waals surface area contributed by atoms with Gasteiger partial charge in [0.05, 0.1) is 19.7 Å². The molecule has 6 heteroatoms. The molecule has 0 unspecified atom stereocenters. The van der Waals surface area contributed by atoms with E-state index in [1.54, 1.807) is 25.4 Å². The largest absolute Gasteiger partial charge is 0.495 e. The second kappa shape index (κ2) is 7.95. The smallest absolute Gasteiger partial charge is 0.231 e. The number of pyridine rings is 1. The Kier molecular flexibility index (Phi) is 5.46. The first kappa shape index (κ1) is 16.5. The molecule has 0 aromatic carbocycles. The van der Waals surface area contributed by atoms with E-state index in [1.807, 2.05) is 6.07 Å². The molecule has 2 aromatic heterocycles. The van der Waals surface area contributed by atoms with Crippen LogP contribution in [0, 0.1) is 0 Å². The fourth-order valence-electron chi connectivity index (χ4n) is 3.19. The first-order valence-corrected chi connectivity index (χ1v) is 8.58. The molecule has 0 atom stereocenters. The second-order valence-electron chi connectivity index (χ2n) is 6.31. The number of hydrogen-bond donors (Lipinski definition) is 2. The molecule has 0 radical (unpaired) electrons. The number of methoxy groups -OCH3 is 1. The van der Waals surface area contributed by atoms with E-state index in [9.17, 15) is 4.79 Å². The molecule has 1 saturated carbocycles. The number of amides is 1. The maximum Gasteiger partial charge on any atom is 0.231 e. The van der Waals surface area contributed by atoms with Crippen molar-refractivity contribution in [1.82, 2.24) is 15.2 Å². The molecule has 1 fully saturated rings. The van der Waals surface area contributed by atoms with E-state index in [-0.39, 0.29) is 12.3 Å². The minimum Gasteiger partial charge on any atom is -0.495 e. The Balaban J connectivity index is 1.56. The summed E-state index contributed by atoms with van der Waals surface area (Å²) in [5.74, 6) is 1.69. The lowest BCUT2D eigenvalue weighted by Crippen LogP contribution is -2.15. The Morgan fingerprint density at radius 3 is 2.75 bits per heavy atom. The van der Waals surface area contributed by atoms with Crippen molar-refractivity contribution in [2.24, 2.45) is 0 Å². The van der Waals surface area contributed by atoms with E-state index in [1.165, 1.54) is 38.5 Å². The summed E-state index contributed by atoms with van der Waals surface area (Å²) in [5, 5.41) is 10.2. The fraction of sp³-hybridized carbons (Fsp3) is 0.500. The third kappa shape index (κ3) is 4.34. The van der Waals surface area contributed by atoms with Crippen molar-refractivity contribution in [1.29, 1.82) is 0 Å². The Labute approximate surface area is 142 Å². The van der Waals surface area contributed by atoms with Gasteiger partial charge in [0.25, 0.3) is 0 Å². The molecule has 0 bridgehead atoms. The minimum absolute atomic E-state index is 0.119. The van der Waals surface area contributed by atoms with Gasteiger partial charge in [-0.25, -0.2) is 0 Å². The number of carbonyl (C=O) groups excluding carboxylic acids is 1. The molecule has 0 saturated heterocycles. The van der Waals surface area contributed by atoms with E-state index in [2.05, 4.69) is 20.5 Å². The topological polar surface area (TPSA) is 79.9 Å². The van der Waals surface area contributed by atoms with Crippen LogP contribution in [0.4, 0.5) is 5.82 Å². The maximum absolute atomic E-state index is 12.1. The summed E-state index contributed by atoms with van der Waals surface area (Å²) < 4.78 is 5.06. The lowest BCUT2D eigenvalue weighted by atomic mass is 9.97. The highest BCUT2D eigenvalue weighted by Gasteiger charge is 2.17. The molecule has 1 aliphatic rings. The number of anilines is 1. The summed E-state index contributed by atoms with van der Waals surface area (Å²) in [6.07, 6.45) is 9.42. The van der Waals surface area contributed by atoms with Crippen LogP contribution < -0.4 is 10.1 Å². The normalized spacial score (nSPS) is 15.7. The predicted octanol–water partition coefficient (Wildman–Crippen LogP) is 3.43. The molecule has 6 nitrogen and oxygen atoms in total. The van der Waals surface area contributed by atoms with Gasteiger partial charge >= 0.3 is 0 Å². The third-order valence-electron chi connectivity index (χ3n) is 4.54. The lowest BCUT2D eigenvalue weighted by Gasteiger charge is -2.10. The van der Waals surface area contributed by atoms with E-state index >= 15 is 0 Å². The molecule has 2 N–H and O–H groups in total. The lowest BCUT2D eigenvalue weighted by molar-refractivity contribution is -0.115. The first-order valence-electron chi connectivity index (χ1n) is 8.58. The monoisotopic (exact) mass is 328 g/mol. The van der Waals surface area contributed by atoms with Gasteiger partial charge in [0.1, 0.15) is 5.75 Å². The number of nitrogens with zero attached hydrogens (tertiary/aromatic N) is 2. The van der Waals surface area contributed by atoms with Crippen LogP contribution in [0.15, 0.2) is 24.4 Å². The highest BCUT2D eigenvalue weighted by molar-refractivity contribution is 5.91. The Morgan fingerprint density at radius 2 is 2.08 bits per heavy atom. The van der Waals surface area contributed by atoms with E-state index in [0.717, 1.165) is 5.69 Å². The van der Waals surface area contributed by atoms with Crippen molar-refractivity contribution < 1.29 is 9.53 Å². The van der Waals surface area contributed by atoms with Gasteiger partial charge in [0, 0.05) is 23.4 Å². The summed E-state index contributed by atoms with van der Waals surface area (Å²) in [4.78, 5) is 16.3. The van der Waals surface area contributed by atoms with Gasteiger partial charge in [0.2, 0.25) is 5.91 Å². The Hall–Kier alpha value is -2.37. The van der Waals surface area contributed by atoms with Crippen LogP contribution in [-0.2, 0) is 11.2 Å². The Morgan fingerprint density at radius 1 is 1.29 bits per heavy atom. The standard InChI is InChI=1S/C18H24N4O2/c1-24-15-9-8-14(19-12-15)10-18(23)20-17-11-16(21-22-17)13-6-4-2-3-5-7-13/h8-9,11-13H,2-7,10H2,1H3,(H2,20,21,22,23). The molecule has 2 heterocycles. The maximum atomic E-state index is 12.1. The van der Waals surface area contributed by atoms with Crippen molar-refractivity contribution >= 4 is 11.7 Å². The van der Waals surface area contributed by atoms with Crippen LogP contribution in [0.1, 0.15) is 55.8 Å². The molecular formula is C18H24N4O2. The minimum atomic E-state index is -0.119. The highest BCUT2D eigenvalue weighted by atomic mass is 16.5. The molecule has 128 valence electrons. The van der Waals surface area contributed by atoms with Crippen LogP contribution >= 0.6 is 0 Å². The summed E-state index contributed by atoms with van der Waals surface area (Å²) in [7, 11) is 1.59. The number of rotatable bonds is 5. The zero-order chi connectivity index (χ0) is 16.8. The van der Waals surface area contributed by atoms with Gasteiger partial charge in [-0.15, -0.1) is 0 Å². The number of hydrogen-bond acceptors (Lipinski definition) is 4. The molecule has 3 rings (SSSR count). The number of carbonyl (C=O) groups is 1. The molecule has 1 aliphatic carbocycles. The summed E-state index contributed by atoms with van der Waals surface area (Å²) in [6, 6.07) is 5.56. The summed E-state index contributed by atoms with van der Waals surface area (Å²) in [6.45, 7) is 0. The molecule has 24 heavy (non-hydrogen) atoms. The predicted molar refractivity (Wildman–Crippen MR) is 92.2 cm³/mol. The van der Waals surface area contributed by atoms with Crippen molar-refractivity contribution in [3.63, 3.8) is 0 Å². The van der Waals surface area contributed by atoms with E-state index < -0.39 is 0 Å². The van der Waals surface area contributed by atoms with Crippen molar-refractivity contribution in [3.8, 4) is 5.75 Å². The molecule has 1 amide bonds. The highest BCUT2D eigenvalue weighted by Crippen LogP contribution is 2.31. The molecule has 0 spiro atoms. The molecular weight excluding hydrogens is 304 g/mol. The van der Waals surface area contributed by atoms with Crippen LogP contribution in [-0.4, -0.2) is 28.2 Å². The van der Waals surface area contributed by atoms with Crippen molar-refractivity contribution in [3.05, 3.63) is 35.8 Å². The van der Waals surface area contributed by atoms with Gasteiger partial charge in [-0.05, 0) is 25.0 Å². The second-order valence-corrected chi connectivity index (χ2v) is 6.31. The van der Waals surface area contributed by atoms with Gasteiger partial charge < -0.3 is 10.1 Å². The first-order chi connectivity index (χ1) is 11.7. The molecule has 2 aromatic rings. The van der Waals surface area contributed by atoms with Crippen LogP contribution in [0.5, 0.6) is 5.75 Å². The van der Waals surface area contributed by atoms with Crippen LogP contribution in [0.2, 0.25) is 0 Å². The van der Waals surface area contributed by atoms with Crippen LogP contribution in [0.25, 0.3) is 0 Å². The number of aromatic amines is 1. The average Bonchev–Trinajstić information content (AvgIpc) is 2.88. The summed E-state index contributed by atoms with van der Waals surface area (Å²) >= 11 is 0. The molecule has 0 aliphatic heterocycles. The fourth-order valence-corrected chi connectivity index (χ4v) is 3.19. The number of nitrogens with one attached hydrogen (secondary N) is 2. The summed E-state index contributed by atoms with van der Waals surface area (Å²) in [5.41, 5.74) is 1.84. The van der Waals surface area contributed by atoms with Gasteiger partial charge in [0.15, 0.2) is 5.82 Å². The van der Waals surface area contributed by atoms with Crippen molar-refractivity contribution in [2.45, 2.75) is 50.9 Å². The van der Waals surface area contributed by atoms with Crippen molar-refractivity contribution in [2.75, 3.05) is 12.4 Å². The SMILES string of the molecule is COc1ccc(CC(=O)Nc2cc(C3CCCCCC3)[nH]n2)nc1. The Bertz CT molecular complexity index is 658. The zero-order valence-electron chi connectivity index (χ0n) is 14.0. The van der Waals surface area contributed by atoms with Gasteiger partial charge in [-0.1, -0.05) is 25.7 Å². The van der Waals surface area contributed by atoms with E-state index in [4.69, 9.17) is 4.74 Å². The average molecular weight is 328 g/mol.